The van der Waals surface area contributed by atoms with Crippen molar-refractivity contribution in [3.05, 3.63) is 28.7 Å². The topological polar surface area (TPSA) is 38.2 Å². The Balaban J connectivity index is 1.95. The number of hydrogen-bond donors (Lipinski definition) is 0. The number of nitrogens with zero attached hydrogens (tertiary/aromatic N) is 3. The second-order valence-electron chi connectivity index (χ2n) is 3.95. The molecule has 0 N–H and O–H groups in total. The molecule has 0 amide bonds. The predicted molar refractivity (Wildman–Crippen MR) is 73.4 cm³/mol. The highest BCUT2D eigenvalue weighted by atomic mass is 35.5. The number of halogens is 1. The van der Waals surface area contributed by atoms with Crippen LogP contribution >= 0.6 is 22.9 Å². The predicted octanol–water partition coefficient (Wildman–Crippen LogP) is 2.70. The summed E-state index contributed by atoms with van der Waals surface area (Å²) in [5, 5.41) is 2.51. The van der Waals surface area contributed by atoms with E-state index in [0.717, 1.165) is 23.7 Å². The minimum Gasteiger partial charge on any atom is -0.378 e. The summed E-state index contributed by atoms with van der Waals surface area (Å²) >= 11 is 7.73. The minimum absolute atomic E-state index is 0.481. The standard InChI is InChI=1S/C12H12ClN3OS/c13-11-8-9(10-2-1-7-18-10)14-12(15-11)16-3-5-17-6-4-16/h1-2,7-8H,3-6H2. The van der Waals surface area contributed by atoms with Gasteiger partial charge >= 0.3 is 0 Å². The fraction of sp³-hybridized carbons (Fsp3) is 0.333. The van der Waals surface area contributed by atoms with E-state index in [9.17, 15) is 0 Å². The van der Waals surface area contributed by atoms with E-state index in [4.69, 9.17) is 16.3 Å². The number of hydrogen-bond acceptors (Lipinski definition) is 5. The van der Waals surface area contributed by atoms with Gasteiger partial charge in [0, 0.05) is 19.2 Å². The van der Waals surface area contributed by atoms with Gasteiger partial charge in [-0.15, -0.1) is 11.3 Å². The van der Waals surface area contributed by atoms with Crippen molar-refractivity contribution in [2.75, 3.05) is 31.2 Å². The average Bonchev–Trinajstić information content (AvgIpc) is 2.93. The molecule has 2 aromatic heterocycles. The Kier molecular flexibility index (Phi) is 3.45. The highest BCUT2D eigenvalue weighted by Crippen LogP contribution is 2.26. The molecule has 2 aromatic rings. The number of morpholine rings is 1. The summed E-state index contributed by atoms with van der Waals surface area (Å²) in [6, 6.07) is 5.84. The molecule has 3 rings (SSSR count). The van der Waals surface area contributed by atoms with E-state index < -0.39 is 0 Å². The Morgan fingerprint density at radius 3 is 2.83 bits per heavy atom. The lowest BCUT2D eigenvalue weighted by Gasteiger charge is -2.26. The van der Waals surface area contributed by atoms with Crippen molar-refractivity contribution in [3.63, 3.8) is 0 Å². The van der Waals surface area contributed by atoms with E-state index in [0.29, 0.717) is 24.3 Å². The van der Waals surface area contributed by atoms with Gasteiger partial charge in [0.2, 0.25) is 5.95 Å². The Morgan fingerprint density at radius 2 is 2.11 bits per heavy atom. The summed E-state index contributed by atoms with van der Waals surface area (Å²) in [5.41, 5.74) is 0.881. The van der Waals surface area contributed by atoms with Crippen LogP contribution in [0.25, 0.3) is 10.6 Å². The normalized spacial score (nSPS) is 15.9. The summed E-state index contributed by atoms with van der Waals surface area (Å²) in [6.45, 7) is 3.04. The van der Waals surface area contributed by atoms with Crippen molar-refractivity contribution < 1.29 is 4.74 Å². The molecule has 3 heterocycles. The van der Waals surface area contributed by atoms with Crippen LogP contribution in [0.2, 0.25) is 5.15 Å². The van der Waals surface area contributed by atoms with Crippen LogP contribution in [-0.2, 0) is 4.74 Å². The van der Waals surface area contributed by atoms with Crippen LogP contribution in [0.15, 0.2) is 23.6 Å². The van der Waals surface area contributed by atoms with E-state index in [2.05, 4.69) is 14.9 Å². The highest BCUT2D eigenvalue weighted by molar-refractivity contribution is 7.13. The molecule has 0 bridgehead atoms. The van der Waals surface area contributed by atoms with Crippen LogP contribution in [0.3, 0.4) is 0 Å². The van der Waals surface area contributed by atoms with E-state index >= 15 is 0 Å². The minimum atomic E-state index is 0.481. The highest BCUT2D eigenvalue weighted by Gasteiger charge is 2.16. The first-order chi connectivity index (χ1) is 8.83. The zero-order valence-corrected chi connectivity index (χ0v) is 11.2. The molecule has 0 radical (unpaired) electrons. The van der Waals surface area contributed by atoms with Crippen LogP contribution in [-0.4, -0.2) is 36.3 Å². The average molecular weight is 282 g/mol. The van der Waals surface area contributed by atoms with Gasteiger partial charge in [-0.2, -0.15) is 0 Å². The molecule has 6 heteroatoms. The van der Waals surface area contributed by atoms with Gasteiger partial charge in [0.1, 0.15) is 5.15 Å². The van der Waals surface area contributed by atoms with Gasteiger partial charge in [-0.1, -0.05) is 17.7 Å². The maximum absolute atomic E-state index is 6.08. The molecule has 94 valence electrons. The number of ether oxygens (including phenoxy) is 1. The van der Waals surface area contributed by atoms with Crippen LogP contribution in [0.1, 0.15) is 0 Å². The van der Waals surface area contributed by atoms with Gasteiger partial charge in [0.05, 0.1) is 23.8 Å². The van der Waals surface area contributed by atoms with Crippen molar-refractivity contribution in [2.45, 2.75) is 0 Å². The van der Waals surface area contributed by atoms with Crippen molar-refractivity contribution in [2.24, 2.45) is 0 Å². The van der Waals surface area contributed by atoms with Crippen molar-refractivity contribution in [3.8, 4) is 10.6 Å². The summed E-state index contributed by atoms with van der Waals surface area (Å²) in [7, 11) is 0. The Bertz CT molecular complexity index is 526. The monoisotopic (exact) mass is 281 g/mol. The summed E-state index contributed by atoms with van der Waals surface area (Å²) < 4.78 is 5.33. The van der Waals surface area contributed by atoms with Gasteiger partial charge in [0.15, 0.2) is 0 Å². The largest absolute Gasteiger partial charge is 0.378 e. The van der Waals surface area contributed by atoms with Crippen molar-refractivity contribution in [1.29, 1.82) is 0 Å². The van der Waals surface area contributed by atoms with Gasteiger partial charge in [-0.05, 0) is 11.4 Å². The van der Waals surface area contributed by atoms with Crippen LogP contribution in [0.4, 0.5) is 5.95 Å². The molecule has 0 aromatic carbocycles. The number of anilines is 1. The molecule has 4 nitrogen and oxygen atoms in total. The van der Waals surface area contributed by atoms with Crippen LogP contribution in [0.5, 0.6) is 0 Å². The van der Waals surface area contributed by atoms with Gasteiger partial charge in [-0.25, -0.2) is 9.97 Å². The zero-order valence-electron chi connectivity index (χ0n) is 9.67. The molecule has 1 fully saturated rings. The third-order valence-corrected chi connectivity index (χ3v) is 3.84. The summed E-state index contributed by atoms with van der Waals surface area (Å²) in [4.78, 5) is 12.1. The van der Waals surface area contributed by atoms with Crippen LogP contribution in [0, 0.1) is 0 Å². The van der Waals surface area contributed by atoms with E-state index in [1.807, 2.05) is 17.5 Å². The molecule has 0 spiro atoms. The molecule has 18 heavy (non-hydrogen) atoms. The molecule has 0 atom stereocenters. The van der Waals surface area contributed by atoms with E-state index in [1.165, 1.54) is 0 Å². The maximum Gasteiger partial charge on any atom is 0.227 e. The van der Waals surface area contributed by atoms with Crippen LogP contribution < -0.4 is 4.90 Å². The number of rotatable bonds is 2. The Hall–Kier alpha value is -1.17. The molecule has 1 aliphatic rings. The first kappa shape index (κ1) is 11.9. The Labute approximate surface area is 114 Å². The first-order valence-electron chi connectivity index (χ1n) is 5.74. The van der Waals surface area contributed by atoms with Gasteiger partial charge in [0.25, 0.3) is 0 Å². The van der Waals surface area contributed by atoms with E-state index in [1.54, 1.807) is 17.4 Å². The molecule has 0 saturated carbocycles. The molecule has 1 aliphatic heterocycles. The molecular formula is C12H12ClN3OS. The van der Waals surface area contributed by atoms with Gasteiger partial charge in [-0.3, -0.25) is 0 Å². The molecular weight excluding hydrogens is 270 g/mol. The third-order valence-electron chi connectivity index (χ3n) is 2.75. The third kappa shape index (κ3) is 2.48. The lowest BCUT2D eigenvalue weighted by molar-refractivity contribution is 0.122. The van der Waals surface area contributed by atoms with Crippen molar-refractivity contribution in [1.82, 2.24) is 9.97 Å². The zero-order chi connectivity index (χ0) is 12.4. The SMILES string of the molecule is Clc1cc(-c2cccs2)nc(N2CCOCC2)n1. The fourth-order valence-electron chi connectivity index (χ4n) is 1.86. The Morgan fingerprint density at radius 1 is 1.28 bits per heavy atom. The first-order valence-corrected chi connectivity index (χ1v) is 7.00. The lowest BCUT2D eigenvalue weighted by Crippen LogP contribution is -2.37. The maximum atomic E-state index is 6.08. The summed E-state index contributed by atoms with van der Waals surface area (Å²) in [6.07, 6.45) is 0. The second-order valence-corrected chi connectivity index (χ2v) is 5.29. The van der Waals surface area contributed by atoms with E-state index in [-0.39, 0.29) is 0 Å². The molecule has 1 saturated heterocycles. The van der Waals surface area contributed by atoms with Gasteiger partial charge < -0.3 is 9.64 Å². The second kappa shape index (κ2) is 5.22. The van der Waals surface area contributed by atoms with Crippen molar-refractivity contribution >= 4 is 28.9 Å². The fourth-order valence-corrected chi connectivity index (χ4v) is 2.73. The summed E-state index contributed by atoms with van der Waals surface area (Å²) in [5.74, 6) is 0.689. The lowest BCUT2D eigenvalue weighted by atomic mass is 10.3. The molecule has 0 unspecified atom stereocenters. The number of thiophene rings is 1. The molecule has 0 aliphatic carbocycles. The number of aromatic nitrogens is 2. The quantitative estimate of drug-likeness (QED) is 0.794. The smallest absolute Gasteiger partial charge is 0.227 e.